The van der Waals surface area contributed by atoms with Crippen LogP contribution in [0.15, 0.2) is 40.9 Å². The molecule has 0 N–H and O–H groups in total. The third-order valence-corrected chi connectivity index (χ3v) is 5.12. The van der Waals surface area contributed by atoms with Crippen LogP contribution in [0.2, 0.25) is 0 Å². The largest absolute Gasteiger partial charge is 0.494 e. The standard InChI is InChI=1S/C20H26Br2O/c21-13-7-5-3-1-2-4-6-8-14-23-20-12-10-17-15-19(22)11-9-18(17)16-20/h9-12,15-16H,1-8,13-14H2. The van der Waals surface area contributed by atoms with E-state index in [0.29, 0.717) is 0 Å². The molecule has 2 rings (SSSR count). The zero-order valence-electron chi connectivity index (χ0n) is 13.7. The van der Waals surface area contributed by atoms with Gasteiger partial charge in [-0.25, -0.2) is 0 Å². The van der Waals surface area contributed by atoms with E-state index in [1.54, 1.807) is 0 Å². The van der Waals surface area contributed by atoms with Gasteiger partial charge in [-0.2, -0.15) is 0 Å². The molecule has 2 aromatic rings. The van der Waals surface area contributed by atoms with E-state index in [4.69, 9.17) is 4.74 Å². The lowest BCUT2D eigenvalue weighted by atomic mass is 10.1. The summed E-state index contributed by atoms with van der Waals surface area (Å²) >= 11 is 6.99. The summed E-state index contributed by atoms with van der Waals surface area (Å²) in [6.45, 7) is 0.825. The predicted octanol–water partition coefficient (Wildman–Crippen LogP) is 7.50. The van der Waals surface area contributed by atoms with Gasteiger partial charge in [0.1, 0.15) is 5.75 Å². The van der Waals surface area contributed by atoms with Crippen molar-refractivity contribution < 1.29 is 4.74 Å². The molecule has 0 fully saturated rings. The van der Waals surface area contributed by atoms with Gasteiger partial charge in [0.2, 0.25) is 0 Å². The molecule has 0 saturated carbocycles. The van der Waals surface area contributed by atoms with E-state index >= 15 is 0 Å². The highest BCUT2D eigenvalue weighted by Crippen LogP contribution is 2.24. The molecule has 0 aliphatic carbocycles. The second-order valence-electron chi connectivity index (χ2n) is 6.02. The molecular weight excluding hydrogens is 416 g/mol. The fraction of sp³-hybridized carbons (Fsp3) is 0.500. The molecule has 23 heavy (non-hydrogen) atoms. The van der Waals surface area contributed by atoms with Crippen LogP contribution in [0, 0.1) is 0 Å². The van der Waals surface area contributed by atoms with Crippen molar-refractivity contribution in [2.45, 2.75) is 51.4 Å². The number of hydrogen-bond donors (Lipinski definition) is 0. The van der Waals surface area contributed by atoms with Gasteiger partial charge in [0.25, 0.3) is 0 Å². The first kappa shape index (κ1) is 18.8. The van der Waals surface area contributed by atoms with Gasteiger partial charge in [0.15, 0.2) is 0 Å². The van der Waals surface area contributed by atoms with Gasteiger partial charge in [0, 0.05) is 9.80 Å². The molecule has 0 aliphatic heterocycles. The Balaban J connectivity index is 1.58. The first-order chi connectivity index (χ1) is 11.3. The van der Waals surface area contributed by atoms with Gasteiger partial charge < -0.3 is 4.74 Å². The molecule has 1 nitrogen and oxygen atoms in total. The number of ether oxygens (including phenoxy) is 1. The Morgan fingerprint density at radius 1 is 0.696 bits per heavy atom. The highest BCUT2D eigenvalue weighted by atomic mass is 79.9. The van der Waals surface area contributed by atoms with Gasteiger partial charge in [-0.15, -0.1) is 0 Å². The minimum Gasteiger partial charge on any atom is -0.494 e. The van der Waals surface area contributed by atoms with Crippen LogP contribution in [0.1, 0.15) is 51.4 Å². The summed E-state index contributed by atoms with van der Waals surface area (Å²) in [5.74, 6) is 0.981. The van der Waals surface area contributed by atoms with E-state index in [0.717, 1.165) is 28.6 Å². The molecule has 0 unspecified atom stereocenters. The molecular formula is C20H26Br2O. The Kier molecular flexibility index (Phi) is 9.06. The maximum atomic E-state index is 5.89. The zero-order chi connectivity index (χ0) is 16.3. The van der Waals surface area contributed by atoms with Crippen molar-refractivity contribution >= 4 is 42.6 Å². The van der Waals surface area contributed by atoms with Crippen LogP contribution in [-0.4, -0.2) is 11.9 Å². The van der Waals surface area contributed by atoms with Gasteiger partial charge >= 0.3 is 0 Å². The monoisotopic (exact) mass is 440 g/mol. The number of benzene rings is 2. The Labute approximate surface area is 157 Å². The van der Waals surface area contributed by atoms with E-state index in [2.05, 4.69) is 68.3 Å². The maximum Gasteiger partial charge on any atom is 0.119 e. The van der Waals surface area contributed by atoms with Crippen LogP contribution in [0.5, 0.6) is 5.75 Å². The van der Waals surface area contributed by atoms with Crippen molar-refractivity contribution in [3.8, 4) is 5.75 Å². The molecule has 0 heterocycles. The molecule has 126 valence electrons. The number of fused-ring (bicyclic) bond motifs is 1. The van der Waals surface area contributed by atoms with E-state index in [9.17, 15) is 0 Å². The summed E-state index contributed by atoms with van der Waals surface area (Å²) in [7, 11) is 0. The van der Waals surface area contributed by atoms with Crippen molar-refractivity contribution in [2.75, 3.05) is 11.9 Å². The van der Waals surface area contributed by atoms with Crippen molar-refractivity contribution in [1.29, 1.82) is 0 Å². The number of unbranched alkanes of at least 4 members (excludes halogenated alkanes) is 7. The van der Waals surface area contributed by atoms with Crippen LogP contribution in [0.25, 0.3) is 10.8 Å². The van der Waals surface area contributed by atoms with E-state index in [-0.39, 0.29) is 0 Å². The predicted molar refractivity (Wildman–Crippen MR) is 108 cm³/mol. The van der Waals surface area contributed by atoms with Gasteiger partial charge in [-0.3, -0.25) is 0 Å². The van der Waals surface area contributed by atoms with Gasteiger partial charge in [-0.05, 0) is 47.9 Å². The normalized spacial score (nSPS) is 11.0. The summed E-state index contributed by atoms with van der Waals surface area (Å²) in [6.07, 6.45) is 10.6. The average molecular weight is 442 g/mol. The number of rotatable bonds is 11. The Bertz CT molecular complexity index is 583. The summed E-state index contributed by atoms with van der Waals surface area (Å²) in [5.41, 5.74) is 0. The van der Waals surface area contributed by atoms with Crippen LogP contribution < -0.4 is 4.74 Å². The fourth-order valence-electron chi connectivity index (χ4n) is 2.73. The summed E-state index contributed by atoms with van der Waals surface area (Å²) in [5, 5.41) is 3.62. The lowest BCUT2D eigenvalue weighted by Crippen LogP contribution is -1.97. The summed E-state index contributed by atoms with van der Waals surface area (Å²) in [4.78, 5) is 0. The Hall–Kier alpha value is -0.540. The van der Waals surface area contributed by atoms with E-state index < -0.39 is 0 Å². The van der Waals surface area contributed by atoms with Crippen LogP contribution in [0.3, 0.4) is 0 Å². The molecule has 0 aromatic heterocycles. The third kappa shape index (κ3) is 7.26. The zero-order valence-corrected chi connectivity index (χ0v) is 16.9. The first-order valence-electron chi connectivity index (χ1n) is 8.68. The first-order valence-corrected chi connectivity index (χ1v) is 10.6. The van der Waals surface area contributed by atoms with E-state index in [1.807, 2.05) is 0 Å². The molecule has 0 bridgehead atoms. The van der Waals surface area contributed by atoms with Crippen LogP contribution in [0.4, 0.5) is 0 Å². The van der Waals surface area contributed by atoms with Crippen LogP contribution in [-0.2, 0) is 0 Å². The highest BCUT2D eigenvalue weighted by Gasteiger charge is 1.99. The quantitative estimate of drug-likeness (QED) is 0.259. The lowest BCUT2D eigenvalue weighted by molar-refractivity contribution is 0.304. The SMILES string of the molecule is BrCCCCCCCCCCOc1ccc2cc(Br)ccc2c1. The second kappa shape index (κ2) is 11.1. The summed E-state index contributed by atoms with van der Waals surface area (Å²) in [6, 6.07) is 12.7. The Morgan fingerprint density at radius 2 is 1.30 bits per heavy atom. The smallest absolute Gasteiger partial charge is 0.119 e. The van der Waals surface area contributed by atoms with E-state index in [1.165, 1.54) is 55.7 Å². The lowest BCUT2D eigenvalue weighted by Gasteiger charge is -2.08. The van der Waals surface area contributed by atoms with Crippen molar-refractivity contribution in [2.24, 2.45) is 0 Å². The molecule has 2 aromatic carbocycles. The number of hydrogen-bond acceptors (Lipinski definition) is 1. The number of halogens is 2. The molecule has 0 spiro atoms. The van der Waals surface area contributed by atoms with Gasteiger partial charge in [0.05, 0.1) is 6.61 Å². The molecule has 0 aliphatic rings. The molecule has 3 heteroatoms. The average Bonchev–Trinajstić information content (AvgIpc) is 2.56. The topological polar surface area (TPSA) is 9.23 Å². The fourth-order valence-corrected chi connectivity index (χ4v) is 3.51. The van der Waals surface area contributed by atoms with Crippen molar-refractivity contribution in [3.05, 3.63) is 40.9 Å². The highest BCUT2D eigenvalue weighted by molar-refractivity contribution is 9.10. The minimum absolute atomic E-state index is 0.825. The summed E-state index contributed by atoms with van der Waals surface area (Å²) < 4.78 is 7.00. The molecule has 0 saturated heterocycles. The van der Waals surface area contributed by atoms with Crippen molar-refractivity contribution in [1.82, 2.24) is 0 Å². The molecule has 0 amide bonds. The van der Waals surface area contributed by atoms with Crippen LogP contribution >= 0.6 is 31.9 Å². The maximum absolute atomic E-state index is 5.89. The molecule has 0 atom stereocenters. The van der Waals surface area contributed by atoms with Gasteiger partial charge in [-0.1, -0.05) is 82.5 Å². The third-order valence-electron chi connectivity index (χ3n) is 4.07. The number of alkyl halides is 1. The minimum atomic E-state index is 0.825. The molecule has 0 radical (unpaired) electrons. The van der Waals surface area contributed by atoms with Crippen molar-refractivity contribution in [3.63, 3.8) is 0 Å². The second-order valence-corrected chi connectivity index (χ2v) is 7.73. The Morgan fingerprint density at radius 3 is 2.04 bits per heavy atom.